The number of halogens is 2. The normalized spacial score (nSPS) is 12.6. The Bertz CT molecular complexity index is 1290. The number of ether oxygens (including phenoxy) is 5. The highest BCUT2D eigenvalue weighted by atomic mass is 79.9. The Morgan fingerprint density at radius 2 is 1.20 bits per heavy atom. The summed E-state index contributed by atoms with van der Waals surface area (Å²) in [5, 5.41) is 31.4. The number of amides is 2. The number of methoxy groups -OCH3 is 4. The topological polar surface area (TPSA) is 156 Å². The molecule has 260 valence electrons. The number of benzene rings is 2. The minimum Gasteiger partial charge on any atom is -0.496 e. The Morgan fingerprint density at radius 1 is 0.761 bits per heavy atom. The number of aliphatic hydroxyl groups excluding tert-OH is 2. The molecule has 2 atom stereocenters. The Balaban J connectivity index is 0.000000460. The number of carbonyl (C=O) groups is 2. The van der Waals surface area contributed by atoms with Crippen molar-refractivity contribution >= 4 is 44.0 Å². The molecular formula is C32H48Br2N2O10. The van der Waals surface area contributed by atoms with Gasteiger partial charge in [0.15, 0.2) is 0 Å². The second kappa shape index (κ2) is 18.4. The minimum absolute atomic E-state index is 0.221. The van der Waals surface area contributed by atoms with Gasteiger partial charge in [-0.2, -0.15) is 0 Å². The molecule has 0 aliphatic heterocycles. The van der Waals surface area contributed by atoms with Crippen molar-refractivity contribution in [2.24, 2.45) is 0 Å². The van der Waals surface area contributed by atoms with Gasteiger partial charge in [-0.1, -0.05) is 0 Å². The average Bonchev–Trinajstić information content (AvgIpc) is 2.95. The van der Waals surface area contributed by atoms with Crippen molar-refractivity contribution in [3.05, 3.63) is 44.3 Å². The molecule has 0 aliphatic rings. The van der Waals surface area contributed by atoms with E-state index in [0.29, 0.717) is 35.8 Å². The lowest BCUT2D eigenvalue weighted by molar-refractivity contribution is 0.0460. The van der Waals surface area contributed by atoms with Crippen molar-refractivity contribution < 1.29 is 48.6 Å². The molecule has 0 saturated heterocycles. The summed E-state index contributed by atoms with van der Waals surface area (Å²) in [6.07, 6.45) is -0.950. The molecule has 4 N–H and O–H groups in total. The van der Waals surface area contributed by atoms with Crippen molar-refractivity contribution in [2.45, 2.75) is 77.6 Å². The maximum absolute atomic E-state index is 11.8. The fourth-order valence-corrected chi connectivity index (χ4v) is 5.52. The van der Waals surface area contributed by atoms with Crippen LogP contribution in [-0.4, -0.2) is 97.3 Å². The van der Waals surface area contributed by atoms with Gasteiger partial charge in [-0.05, 0) is 122 Å². The van der Waals surface area contributed by atoms with E-state index in [1.54, 1.807) is 88.2 Å². The molecule has 0 saturated carbocycles. The Morgan fingerprint density at radius 3 is 1.52 bits per heavy atom. The third-order valence-electron chi connectivity index (χ3n) is 6.48. The molecule has 0 fully saturated rings. The SMILES string of the molecule is COc1cc(CC(CO)N(C(=O)O)C(C)(C)C)c(OC)cc1Br.COc1cc(CC(CO)NC(=O)OC(C)(C)C)c(OC)cc1Br. The van der Waals surface area contributed by atoms with Gasteiger partial charge in [0, 0.05) is 5.54 Å². The van der Waals surface area contributed by atoms with Crippen LogP contribution < -0.4 is 24.3 Å². The lowest BCUT2D eigenvalue weighted by Gasteiger charge is -2.39. The van der Waals surface area contributed by atoms with E-state index in [2.05, 4.69) is 37.2 Å². The molecular weight excluding hydrogens is 732 g/mol. The first-order valence-electron chi connectivity index (χ1n) is 14.4. The number of rotatable bonds is 12. The van der Waals surface area contributed by atoms with Crippen LogP contribution in [0.1, 0.15) is 52.7 Å². The molecule has 46 heavy (non-hydrogen) atoms. The number of hydrogen-bond donors (Lipinski definition) is 4. The molecule has 2 rings (SSSR count). The predicted octanol–water partition coefficient (Wildman–Crippen LogP) is 6.04. The summed E-state index contributed by atoms with van der Waals surface area (Å²) in [5.41, 5.74) is 0.346. The molecule has 2 aromatic rings. The molecule has 0 spiro atoms. The maximum Gasteiger partial charge on any atom is 0.408 e. The zero-order valence-electron chi connectivity index (χ0n) is 28.2. The molecule has 0 aromatic heterocycles. The number of hydrogen-bond acceptors (Lipinski definition) is 9. The second-order valence-electron chi connectivity index (χ2n) is 12.2. The highest BCUT2D eigenvalue weighted by Gasteiger charge is 2.33. The molecule has 2 amide bonds. The fourth-order valence-electron chi connectivity index (χ4n) is 4.55. The Hall–Kier alpha value is -2.94. The van der Waals surface area contributed by atoms with Crippen molar-refractivity contribution in [2.75, 3.05) is 41.7 Å². The van der Waals surface area contributed by atoms with Crippen LogP contribution in [0.15, 0.2) is 33.2 Å². The summed E-state index contributed by atoms with van der Waals surface area (Å²) in [6, 6.07) is 6.06. The molecule has 0 radical (unpaired) electrons. The van der Waals surface area contributed by atoms with Crippen LogP contribution in [0.2, 0.25) is 0 Å². The van der Waals surface area contributed by atoms with Gasteiger partial charge in [0.2, 0.25) is 0 Å². The lowest BCUT2D eigenvalue weighted by atomic mass is 9.98. The van der Waals surface area contributed by atoms with Crippen LogP contribution in [0.4, 0.5) is 9.59 Å². The van der Waals surface area contributed by atoms with Gasteiger partial charge in [-0.15, -0.1) is 0 Å². The number of carbonyl (C=O) groups excluding carboxylic acids is 1. The minimum atomic E-state index is -1.07. The number of aliphatic hydroxyl groups is 2. The quantitative estimate of drug-likeness (QED) is 0.200. The van der Waals surface area contributed by atoms with Crippen LogP contribution in [0.25, 0.3) is 0 Å². The standard InChI is InChI=1S/2C16H24BrNO5/c1-16(2,3)23-15(20)18-11(9-19)6-10-7-14(22-5)12(17)8-13(10)21-4;1-16(2,3)18(15(20)21)11(9-19)6-10-7-14(23-5)12(17)8-13(10)22-4/h7-8,11,19H,6,9H2,1-5H3,(H,18,20);7-8,11,19H,6,9H2,1-5H3,(H,20,21). The van der Waals surface area contributed by atoms with Crippen LogP contribution in [0, 0.1) is 0 Å². The molecule has 2 aromatic carbocycles. The van der Waals surface area contributed by atoms with E-state index in [0.717, 1.165) is 20.1 Å². The maximum atomic E-state index is 11.8. The smallest absolute Gasteiger partial charge is 0.408 e. The van der Waals surface area contributed by atoms with Crippen LogP contribution in [0.5, 0.6) is 23.0 Å². The number of nitrogens with zero attached hydrogens (tertiary/aromatic N) is 1. The molecule has 0 aliphatic carbocycles. The van der Waals surface area contributed by atoms with Crippen molar-refractivity contribution in [3.63, 3.8) is 0 Å². The summed E-state index contributed by atoms with van der Waals surface area (Å²) in [4.78, 5) is 24.7. The number of carboxylic acid groups (broad SMARTS) is 1. The zero-order chi connectivity index (χ0) is 35.4. The van der Waals surface area contributed by atoms with E-state index in [1.165, 1.54) is 4.90 Å². The van der Waals surface area contributed by atoms with Crippen molar-refractivity contribution in [1.82, 2.24) is 10.2 Å². The van der Waals surface area contributed by atoms with Crippen LogP contribution in [0.3, 0.4) is 0 Å². The summed E-state index contributed by atoms with van der Waals surface area (Å²) in [7, 11) is 6.23. The van der Waals surface area contributed by atoms with Crippen molar-refractivity contribution in [1.29, 1.82) is 0 Å². The first kappa shape index (κ1) is 41.1. The lowest BCUT2D eigenvalue weighted by Crippen LogP contribution is -2.53. The van der Waals surface area contributed by atoms with E-state index in [4.69, 9.17) is 23.7 Å². The van der Waals surface area contributed by atoms with Crippen LogP contribution in [-0.2, 0) is 17.6 Å². The Labute approximate surface area is 288 Å². The van der Waals surface area contributed by atoms with E-state index < -0.39 is 35.4 Å². The number of nitrogens with one attached hydrogen (secondary N) is 1. The van der Waals surface area contributed by atoms with Gasteiger partial charge < -0.3 is 44.3 Å². The molecule has 12 nitrogen and oxygen atoms in total. The average molecular weight is 781 g/mol. The van der Waals surface area contributed by atoms with Gasteiger partial charge >= 0.3 is 12.2 Å². The first-order valence-corrected chi connectivity index (χ1v) is 16.0. The highest BCUT2D eigenvalue weighted by Crippen LogP contribution is 2.35. The fraction of sp³-hybridized carbons (Fsp3) is 0.562. The first-order chi connectivity index (χ1) is 21.3. The molecule has 0 heterocycles. The van der Waals surface area contributed by atoms with E-state index >= 15 is 0 Å². The molecule has 2 unspecified atom stereocenters. The molecule has 14 heteroatoms. The summed E-state index contributed by atoms with van der Waals surface area (Å²) >= 11 is 6.79. The predicted molar refractivity (Wildman–Crippen MR) is 183 cm³/mol. The third-order valence-corrected chi connectivity index (χ3v) is 7.72. The summed E-state index contributed by atoms with van der Waals surface area (Å²) < 4.78 is 28.0. The third kappa shape index (κ3) is 12.7. The van der Waals surface area contributed by atoms with Gasteiger partial charge in [0.25, 0.3) is 0 Å². The van der Waals surface area contributed by atoms with E-state index in [9.17, 15) is 24.9 Å². The largest absolute Gasteiger partial charge is 0.496 e. The van der Waals surface area contributed by atoms with Gasteiger partial charge in [-0.3, -0.25) is 4.90 Å². The van der Waals surface area contributed by atoms with Crippen LogP contribution >= 0.6 is 31.9 Å². The summed E-state index contributed by atoms with van der Waals surface area (Å²) in [5.74, 6) is 2.52. The van der Waals surface area contributed by atoms with E-state index in [1.807, 2.05) is 6.07 Å². The van der Waals surface area contributed by atoms with Crippen molar-refractivity contribution in [3.8, 4) is 23.0 Å². The number of alkyl carbamates (subject to hydrolysis) is 1. The second-order valence-corrected chi connectivity index (χ2v) is 13.9. The van der Waals surface area contributed by atoms with Gasteiger partial charge in [0.1, 0.15) is 28.6 Å². The van der Waals surface area contributed by atoms with E-state index in [-0.39, 0.29) is 13.2 Å². The zero-order valence-corrected chi connectivity index (χ0v) is 31.4. The Kier molecular flexibility index (Phi) is 16.4. The highest BCUT2D eigenvalue weighted by molar-refractivity contribution is 9.11. The monoisotopic (exact) mass is 778 g/mol. The molecule has 0 bridgehead atoms. The van der Waals surface area contributed by atoms with Gasteiger partial charge in [-0.25, -0.2) is 9.59 Å². The summed E-state index contributed by atoms with van der Waals surface area (Å²) in [6.45, 7) is 10.2. The van der Waals surface area contributed by atoms with Gasteiger partial charge in [0.05, 0.1) is 62.7 Å².